The zero-order valence-electron chi connectivity index (χ0n) is 17.9. The lowest BCUT2D eigenvalue weighted by Crippen LogP contribution is -2.44. The van der Waals surface area contributed by atoms with Gasteiger partial charge < -0.3 is 24.8 Å². The molecular weight excluding hydrogens is 354 g/mol. The topological polar surface area (TPSA) is 64.1 Å². The van der Waals surface area contributed by atoms with E-state index in [-0.39, 0.29) is 12.1 Å². The predicted octanol–water partition coefficient (Wildman–Crippen LogP) is 3.01. The van der Waals surface area contributed by atoms with Crippen molar-refractivity contribution >= 4 is 5.96 Å². The Kier molecular flexibility index (Phi) is 10.1. The lowest BCUT2D eigenvalue weighted by molar-refractivity contribution is 0.0347. The third-order valence-corrected chi connectivity index (χ3v) is 4.37. The molecule has 2 atom stereocenters. The molecule has 0 amide bonds. The Hall–Kier alpha value is -1.79. The largest absolute Gasteiger partial charge is 0.493 e. The number of ether oxygens (including phenoxy) is 3. The van der Waals surface area contributed by atoms with Crippen LogP contribution in [0.4, 0.5) is 0 Å². The summed E-state index contributed by atoms with van der Waals surface area (Å²) in [6, 6.07) is 8.50. The summed E-state index contributed by atoms with van der Waals surface area (Å²) in [5.74, 6) is 2.29. The van der Waals surface area contributed by atoms with Crippen LogP contribution in [0, 0.1) is 5.92 Å². The summed E-state index contributed by atoms with van der Waals surface area (Å²) in [6.07, 6.45) is 2.12. The highest BCUT2D eigenvalue weighted by Crippen LogP contribution is 2.13. The number of nitrogens with zero attached hydrogens (tertiary/aromatic N) is 1. The van der Waals surface area contributed by atoms with Gasteiger partial charge in [0.2, 0.25) is 0 Å². The van der Waals surface area contributed by atoms with E-state index in [9.17, 15) is 0 Å². The number of benzene rings is 1. The van der Waals surface area contributed by atoms with Crippen LogP contribution in [0.1, 0.15) is 39.7 Å². The molecule has 1 aromatic carbocycles. The van der Waals surface area contributed by atoms with E-state index in [0.717, 1.165) is 50.9 Å². The SMILES string of the molecule is CCNC(=NCCc1ccc(OCC(C)C)cc1)NC(C)COC1CCOC1. The minimum Gasteiger partial charge on any atom is -0.493 e. The Labute approximate surface area is 170 Å². The first-order valence-electron chi connectivity index (χ1n) is 10.5. The van der Waals surface area contributed by atoms with Crippen LogP contribution < -0.4 is 15.4 Å². The molecular formula is C22H37N3O3. The van der Waals surface area contributed by atoms with Crippen LogP contribution in [0.15, 0.2) is 29.3 Å². The Bertz CT molecular complexity index is 569. The maximum absolute atomic E-state index is 5.88. The third-order valence-electron chi connectivity index (χ3n) is 4.37. The summed E-state index contributed by atoms with van der Waals surface area (Å²) in [6.45, 7) is 13.0. The second-order valence-corrected chi connectivity index (χ2v) is 7.72. The second-order valence-electron chi connectivity index (χ2n) is 7.72. The average Bonchev–Trinajstić information content (AvgIpc) is 3.19. The summed E-state index contributed by atoms with van der Waals surface area (Å²) in [5, 5.41) is 6.72. The molecule has 158 valence electrons. The van der Waals surface area contributed by atoms with Crippen LogP contribution in [0.5, 0.6) is 5.75 Å². The van der Waals surface area contributed by atoms with Crippen LogP contribution in [0.2, 0.25) is 0 Å². The summed E-state index contributed by atoms with van der Waals surface area (Å²) in [7, 11) is 0. The van der Waals surface area contributed by atoms with Gasteiger partial charge in [-0.2, -0.15) is 0 Å². The van der Waals surface area contributed by atoms with Gasteiger partial charge in [0, 0.05) is 25.7 Å². The quantitative estimate of drug-likeness (QED) is 0.448. The van der Waals surface area contributed by atoms with Crippen molar-refractivity contribution in [3.05, 3.63) is 29.8 Å². The van der Waals surface area contributed by atoms with Gasteiger partial charge in [0.15, 0.2) is 5.96 Å². The summed E-state index contributed by atoms with van der Waals surface area (Å²) in [5.41, 5.74) is 1.26. The third kappa shape index (κ3) is 8.93. The molecule has 2 rings (SSSR count). The first kappa shape index (κ1) is 22.5. The number of nitrogens with one attached hydrogen (secondary N) is 2. The van der Waals surface area contributed by atoms with Gasteiger partial charge in [0.05, 0.1) is 25.9 Å². The Morgan fingerprint density at radius 3 is 2.64 bits per heavy atom. The Morgan fingerprint density at radius 1 is 1.21 bits per heavy atom. The molecule has 2 N–H and O–H groups in total. The monoisotopic (exact) mass is 391 g/mol. The Balaban J connectivity index is 1.74. The number of guanidine groups is 1. The lowest BCUT2D eigenvalue weighted by atomic mass is 10.1. The normalized spacial score (nSPS) is 18.3. The molecule has 28 heavy (non-hydrogen) atoms. The molecule has 1 aliphatic rings. The average molecular weight is 392 g/mol. The van der Waals surface area contributed by atoms with E-state index in [1.165, 1.54) is 5.56 Å². The standard InChI is InChI=1S/C22H37N3O3/c1-5-23-22(25-18(4)15-28-21-11-13-26-16-21)24-12-10-19-6-8-20(9-7-19)27-14-17(2)3/h6-9,17-18,21H,5,10-16H2,1-4H3,(H2,23,24,25). The van der Waals surface area contributed by atoms with E-state index < -0.39 is 0 Å². The van der Waals surface area contributed by atoms with Gasteiger partial charge in [-0.05, 0) is 50.3 Å². The number of rotatable bonds is 11. The lowest BCUT2D eigenvalue weighted by Gasteiger charge is -2.19. The van der Waals surface area contributed by atoms with Crippen molar-refractivity contribution in [2.75, 3.05) is 39.5 Å². The van der Waals surface area contributed by atoms with Crippen molar-refractivity contribution < 1.29 is 14.2 Å². The highest BCUT2D eigenvalue weighted by molar-refractivity contribution is 5.80. The van der Waals surface area contributed by atoms with Crippen molar-refractivity contribution in [3.8, 4) is 5.75 Å². The van der Waals surface area contributed by atoms with E-state index in [4.69, 9.17) is 19.2 Å². The van der Waals surface area contributed by atoms with Crippen molar-refractivity contribution in [2.24, 2.45) is 10.9 Å². The molecule has 1 aliphatic heterocycles. The zero-order chi connectivity index (χ0) is 20.2. The van der Waals surface area contributed by atoms with Gasteiger partial charge in [0.1, 0.15) is 5.75 Å². The zero-order valence-corrected chi connectivity index (χ0v) is 17.9. The molecule has 2 unspecified atom stereocenters. The molecule has 6 heteroatoms. The van der Waals surface area contributed by atoms with Crippen molar-refractivity contribution in [3.63, 3.8) is 0 Å². The maximum Gasteiger partial charge on any atom is 0.191 e. The first-order chi connectivity index (χ1) is 13.6. The smallest absolute Gasteiger partial charge is 0.191 e. The fraction of sp³-hybridized carbons (Fsp3) is 0.682. The van der Waals surface area contributed by atoms with Crippen LogP contribution in [-0.4, -0.2) is 57.6 Å². The molecule has 0 bridgehead atoms. The van der Waals surface area contributed by atoms with Gasteiger partial charge in [-0.25, -0.2) is 0 Å². The molecule has 6 nitrogen and oxygen atoms in total. The van der Waals surface area contributed by atoms with Crippen molar-refractivity contribution in [1.29, 1.82) is 0 Å². The predicted molar refractivity (Wildman–Crippen MR) is 114 cm³/mol. The van der Waals surface area contributed by atoms with Crippen LogP contribution in [0.25, 0.3) is 0 Å². The number of hydrogen-bond acceptors (Lipinski definition) is 4. The van der Waals surface area contributed by atoms with Crippen LogP contribution in [-0.2, 0) is 15.9 Å². The van der Waals surface area contributed by atoms with Crippen molar-refractivity contribution in [2.45, 2.75) is 52.7 Å². The highest BCUT2D eigenvalue weighted by atomic mass is 16.5. The Morgan fingerprint density at radius 2 is 2.00 bits per heavy atom. The van der Waals surface area contributed by atoms with E-state index in [1.54, 1.807) is 0 Å². The fourth-order valence-corrected chi connectivity index (χ4v) is 2.83. The molecule has 0 aromatic heterocycles. The molecule has 0 spiro atoms. The summed E-state index contributed by atoms with van der Waals surface area (Å²) < 4.78 is 17.0. The maximum atomic E-state index is 5.88. The molecule has 1 saturated heterocycles. The second kappa shape index (κ2) is 12.6. The molecule has 0 aliphatic carbocycles. The minimum atomic E-state index is 0.191. The van der Waals surface area contributed by atoms with E-state index >= 15 is 0 Å². The van der Waals surface area contributed by atoms with Gasteiger partial charge in [-0.1, -0.05) is 26.0 Å². The van der Waals surface area contributed by atoms with Gasteiger partial charge in [-0.3, -0.25) is 4.99 Å². The van der Waals surface area contributed by atoms with Gasteiger partial charge in [0.25, 0.3) is 0 Å². The number of aliphatic imine (C=N–C) groups is 1. The van der Waals surface area contributed by atoms with E-state index in [2.05, 4.69) is 50.5 Å². The van der Waals surface area contributed by atoms with E-state index in [1.807, 2.05) is 12.1 Å². The summed E-state index contributed by atoms with van der Waals surface area (Å²) in [4.78, 5) is 4.69. The van der Waals surface area contributed by atoms with Gasteiger partial charge >= 0.3 is 0 Å². The number of hydrogen-bond donors (Lipinski definition) is 2. The van der Waals surface area contributed by atoms with Gasteiger partial charge in [-0.15, -0.1) is 0 Å². The molecule has 0 radical (unpaired) electrons. The highest BCUT2D eigenvalue weighted by Gasteiger charge is 2.17. The summed E-state index contributed by atoms with van der Waals surface area (Å²) >= 11 is 0. The molecule has 1 heterocycles. The first-order valence-corrected chi connectivity index (χ1v) is 10.5. The molecule has 1 aromatic rings. The van der Waals surface area contributed by atoms with E-state index in [0.29, 0.717) is 19.1 Å². The molecule has 0 saturated carbocycles. The van der Waals surface area contributed by atoms with Crippen LogP contribution in [0.3, 0.4) is 0 Å². The minimum absolute atomic E-state index is 0.191. The van der Waals surface area contributed by atoms with Crippen molar-refractivity contribution in [1.82, 2.24) is 10.6 Å². The molecule has 1 fully saturated rings. The van der Waals surface area contributed by atoms with Crippen LogP contribution >= 0.6 is 0 Å². The fourth-order valence-electron chi connectivity index (χ4n) is 2.83.